The fourth-order valence-electron chi connectivity index (χ4n) is 3.86. The van der Waals surface area contributed by atoms with E-state index in [-0.39, 0.29) is 30.0 Å². The van der Waals surface area contributed by atoms with E-state index in [1.165, 1.54) is 6.07 Å². The fraction of sp³-hybridized carbons (Fsp3) is 0.423. The minimum atomic E-state index is -0.639. The Morgan fingerprint density at radius 2 is 1.71 bits per heavy atom. The molecule has 0 fully saturated rings. The summed E-state index contributed by atoms with van der Waals surface area (Å²) < 4.78 is 22.9. The van der Waals surface area contributed by atoms with E-state index in [1.54, 1.807) is 18.2 Å². The lowest BCUT2D eigenvalue weighted by Crippen LogP contribution is -2.38. The molecule has 184 valence electrons. The van der Waals surface area contributed by atoms with E-state index in [0.717, 1.165) is 5.56 Å². The zero-order valence-electron chi connectivity index (χ0n) is 19.4. The second kappa shape index (κ2) is 13.7. The van der Waals surface area contributed by atoms with Crippen LogP contribution in [0.3, 0.4) is 0 Å². The van der Waals surface area contributed by atoms with Gasteiger partial charge < -0.3 is 34.5 Å². The molecule has 3 N–H and O–H groups in total. The van der Waals surface area contributed by atoms with Crippen molar-refractivity contribution in [3.8, 4) is 5.75 Å². The van der Waals surface area contributed by atoms with Crippen molar-refractivity contribution in [3.05, 3.63) is 72.0 Å². The summed E-state index contributed by atoms with van der Waals surface area (Å²) in [4.78, 5) is 13.0. The van der Waals surface area contributed by atoms with Gasteiger partial charge in [0.25, 0.3) is 5.91 Å². The number of aromatic hydroxyl groups is 1. The average Bonchev–Trinajstić information content (AvgIpc) is 2.86. The Labute approximate surface area is 200 Å². The summed E-state index contributed by atoms with van der Waals surface area (Å²) in [6, 6.07) is 16.4. The summed E-state index contributed by atoms with van der Waals surface area (Å²) in [6.07, 6.45) is 1.82. The lowest BCUT2D eigenvalue weighted by molar-refractivity contribution is -0.166. The third-order valence-corrected chi connectivity index (χ3v) is 5.48. The topological polar surface area (TPSA) is 106 Å². The van der Waals surface area contributed by atoms with Crippen molar-refractivity contribution in [2.75, 3.05) is 45.0 Å². The van der Waals surface area contributed by atoms with Gasteiger partial charge in [-0.15, -0.1) is 0 Å². The Kier molecular flexibility index (Phi) is 10.4. The molecule has 2 aromatic rings. The van der Waals surface area contributed by atoms with Gasteiger partial charge in [-0.05, 0) is 37.1 Å². The van der Waals surface area contributed by atoms with Crippen LogP contribution < -0.4 is 5.32 Å². The first-order valence-electron chi connectivity index (χ1n) is 11.5. The summed E-state index contributed by atoms with van der Waals surface area (Å²) in [5, 5.41) is 21.5. The van der Waals surface area contributed by atoms with Gasteiger partial charge in [0.15, 0.2) is 5.76 Å². The lowest BCUT2D eigenvalue weighted by Gasteiger charge is -2.37. The van der Waals surface area contributed by atoms with Gasteiger partial charge in [0, 0.05) is 25.0 Å². The molecule has 1 amide bonds. The number of anilines is 1. The molecule has 0 spiro atoms. The highest BCUT2D eigenvalue weighted by molar-refractivity contribution is 6.03. The van der Waals surface area contributed by atoms with E-state index in [1.807, 2.05) is 43.3 Å². The molecular formula is C26H33NO7. The quantitative estimate of drug-likeness (QED) is 0.304. The van der Waals surface area contributed by atoms with Gasteiger partial charge in [0.2, 0.25) is 6.29 Å². The van der Waals surface area contributed by atoms with E-state index in [9.17, 15) is 9.90 Å². The van der Waals surface area contributed by atoms with Crippen molar-refractivity contribution in [3.63, 3.8) is 0 Å². The number of carbonyl (C=O) groups excluding carboxylic acids is 1. The van der Waals surface area contributed by atoms with Crippen LogP contribution in [0.5, 0.6) is 5.75 Å². The summed E-state index contributed by atoms with van der Waals surface area (Å²) in [5.41, 5.74) is 1.35. The maximum Gasteiger partial charge on any atom is 0.290 e. The second-order valence-electron chi connectivity index (χ2n) is 7.78. The molecule has 8 nitrogen and oxygen atoms in total. The Bertz CT molecular complexity index is 918. The average molecular weight is 472 g/mol. The van der Waals surface area contributed by atoms with Crippen LogP contribution in [0.15, 0.2) is 66.4 Å². The number of benzene rings is 2. The summed E-state index contributed by atoms with van der Waals surface area (Å²) >= 11 is 0. The fourth-order valence-corrected chi connectivity index (χ4v) is 3.86. The van der Waals surface area contributed by atoms with Gasteiger partial charge in [-0.25, -0.2) is 0 Å². The Hall–Kier alpha value is -2.91. The van der Waals surface area contributed by atoms with Gasteiger partial charge in [-0.2, -0.15) is 0 Å². The molecule has 0 aromatic heterocycles. The standard InChI is InChI=1S/C26H33NO7/c1-2-33-26-20(12-14-31-16-17-32-15-13-28)21(19-8-4-3-5-9-19)18-24(34-26)25(30)27-22-10-6-7-11-23(22)29/h3-11,18,20-21,26,28-29H,2,12-17H2,1H3,(H,27,30). The molecule has 2 aromatic carbocycles. The zero-order valence-corrected chi connectivity index (χ0v) is 19.4. The number of aliphatic hydroxyl groups excluding tert-OH is 1. The Morgan fingerprint density at radius 1 is 1.00 bits per heavy atom. The SMILES string of the molecule is CCOC1OC(C(=O)Nc2ccccc2O)=CC(c2ccccc2)C1CCOCCOCCO. The first kappa shape index (κ1) is 25.7. The van der Waals surface area contributed by atoms with Crippen molar-refractivity contribution in [1.82, 2.24) is 0 Å². The number of amides is 1. The van der Waals surface area contributed by atoms with Crippen LogP contribution in [-0.4, -0.2) is 62.1 Å². The minimum absolute atomic E-state index is 0.0136. The van der Waals surface area contributed by atoms with Crippen molar-refractivity contribution in [2.24, 2.45) is 5.92 Å². The predicted octanol–water partition coefficient (Wildman–Crippen LogP) is 3.42. The second-order valence-corrected chi connectivity index (χ2v) is 7.78. The van der Waals surface area contributed by atoms with Gasteiger partial charge in [-0.1, -0.05) is 42.5 Å². The van der Waals surface area contributed by atoms with E-state index in [0.29, 0.717) is 45.1 Å². The zero-order chi connectivity index (χ0) is 24.2. The summed E-state index contributed by atoms with van der Waals surface area (Å²) in [6.45, 7) is 3.89. The maximum atomic E-state index is 13.0. The van der Waals surface area contributed by atoms with Gasteiger partial charge >= 0.3 is 0 Å². The number of phenolic OH excluding ortho intramolecular Hbond substituents is 1. The highest BCUT2D eigenvalue weighted by Gasteiger charge is 2.38. The molecule has 0 radical (unpaired) electrons. The number of carbonyl (C=O) groups is 1. The van der Waals surface area contributed by atoms with Crippen molar-refractivity contribution < 1.29 is 34.0 Å². The number of aliphatic hydroxyl groups is 1. The van der Waals surface area contributed by atoms with Crippen LogP contribution in [0.25, 0.3) is 0 Å². The summed E-state index contributed by atoms with van der Waals surface area (Å²) in [5.74, 6) is -0.549. The molecule has 1 aliphatic heterocycles. The maximum absolute atomic E-state index is 13.0. The molecule has 8 heteroatoms. The molecule has 3 rings (SSSR count). The molecule has 34 heavy (non-hydrogen) atoms. The number of phenols is 1. The number of nitrogens with one attached hydrogen (secondary N) is 1. The molecule has 1 heterocycles. The van der Waals surface area contributed by atoms with Crippen LogP contribution >= 0.6 is 0 Å². The summed E-state index contributed by atoms with van der Waals surface area (Å²) in [7, 11) is 0. The molecule has 1 aliphatic rings. The Morgan fingerprint density at radius 3 is 2.41 bits per heavy atom. The van der Waals surface area contributed by atoms with Crippen LogP contribution in [0.2, 0.25) is 0 Å². The Balaban J connectivity index is 1.77. The predicted molar refractivity (Wildman–Crippen MR) is 127 cm³/mol. The third-order valence-electron chi connectivity index (χ3n) is 5.48. The van der Waals surface area contributed by atoms with Crippen molar-refractivity contribution >= 4 is 11.6 Å². The molecule has 0 saturated heterocycles. The smallest absolute Gasteiger partial charge is 0.290 e. The van der Waals surface area contributed by atoms with Crippen LogP contribution in [0.1, 0.15) is 24.8 Å². The highest BCUT2D eigenvalue weighted by Crippen LogP contribution is 2.39. The van der Waals surface area contributed by atoms with Crippen LogP contribution in [-0.2, 0) is 23.7 Å². The van der Waals surface area contributed by atoms with Crippen LogP contribution in [0, 0.1) is 5.92 Å². The number of rotatable bonds is 13. The van der Waals surface area contributed by atoms with E-state index in [2.05, 4.69) is 5.32 Å². The van der Waals surface area contributed by atoms with Crippen molar-refractivity contribution in [2.45, 2.75) is 25.6 Å². The molecule has 0 bridgehead atoms. The molecular weight excluding hydrogens is 438 g/mol. The number of para-hydroxylation sites is 2. The lowest BCUT2D eigenvalue weighted by atomic mass is 9.81. The van der Waals surface area contributed by atoms with E-state index in [4.69, 9.17) is 24.1 Å². The van der Waals surface area contributed by atoms with Crippen LogP contribution in [0.4, 0.5) is 5.69 Å². The minimum Gasteiger partial charge on any atom is -0.506 e. The van der Waals surface area contributed by atoms with E-state index < -0.39 is 12.2 Å². The van der Waals surface area contributed by atoms with Gasteiger partial charge in [0.1, 0.15) is 5.75 Å². The first-order chi connectivity index (χ1) is 16.6. The molecule has 3 atom stereocenters. The normalized spacial score (nSPS) is 19.8. The monoisotopic (exact) mass is 471 g/mol. The van der Waals surface area contributed by atoms with Gasteiger partial charge in [-0.3, -0.25) is 4.79 Å². The number of ether oxygens (including phenoxy) is 4. The molecule has 0 saturated carbocycles. The van der Waals surface area contributed by atoms with E-state index >= 15 is 0 Å². The third kappa shape index (κ3) is 7.30. The van der Waals surface area contributed by atoms with Crippen molar-refractivity contribution in [1.29, 1.82) is 0 Å². The number of hydrogen-bond acceptors (Lipinski definition) is 7. The van der Waals surface area contributed by atoms with Gasteiger partial charge in [0.05, 0.1) is 32.1 Å². The largest absolute Gasteiger partial charge is 0.506 e. The highest BCUT2D eigenvalue weighted by atomic mass is 16.7. The first-order valence-corrected chi connectivity index (χ1v) is 11.5. The molecule has 0 aliphatic carbocycles. The number of allylic oxidation sites excluding steroid dienone is 1. The molecule has 3 unspecified atom stereocenters. The number of hydrogen-bond donors (Lipinski definition) is 3.